The molecule has 0 saturated carbocycles. The fourth-order valence-electron chi connectivity index (χ4n) is 2.99. The van der Waals surface area contributed by atoms with Crippen LogP contribution in [0.2, 0.25) is 0 Å². The summed E-state index contributed by atoms with van der Waals surface area (Å²) in [5, 5.41) is 0.688. The minimum Gasteiger partial charge on any atom is -0.408 e. The Labute approximate surface area is 175 Å². The first-order chi connectivity index (χ1) is 14.3. The van der Waals surface area contributed by atoms with Gasteiger partial charge in [-0.15, -0.1) is 4.83 Å². The number of thiazole rings is 1. The maximum absolute atomic E-state index is 12.6. The number of morpholine rings is 1. The average molecular weight is 454 g/mol. The predicted molar refractivity (Wildman–Crippen MR) is 109 cm³/mol. The van der Waals surface area contributed by atoms with Crippen LogP contribution in [0.3, 0.4) is 0 Å². The lowest BCUT2D eigenvalue weighted by Gasteiger charge is -2.25. The Kier molecular flexibility index (Phi) is 5.36. The summed E-state index contributed by atoms with van der Waals surface area (Å²) in [7, 11) is -2.56. The molecule has 1 amide bonds. The van der Waals surface area contributed by atoms with Crippen LogP contribution in [0.15, 0.2) is 32.3 Å². The van der Waals surface area contributed by atoms with Crippen molar-refractivity contribution < 1.29 is 22.4 Å². The van der Waals surface area contributed by atoms with Crippen LogP contribution in [0.5, 0.6) is 0 Å². The zero-order valence-corrected chi connectivity index (χ0v) is 17.8. The van der Waals surface area contributed by atoms with Crippen LogP contribution < -0.4 is 20.9 Å². The third-order valence-corrected chi connectivity index (χ3v) is 7.11. The van der Waals surface area contributed by atoms with Gasteiger partial charge in [-0.3, -0.25) is 14.8 Å². The first kappa shape index (κ1) is 20.5. The van der Waals surface area contributed by atoms with E-state index in [0.717, 1.165) is 0 Å². The molecular formula is C17H19N5O6S2. The highest BCUT2D eigenvalue weighted by atomic mass is 32.2. The number of carbonyl (C=O) groups excluding carboxylic acids is 1. The number of hydrazine groups is 1. The molecule has 0 spiro atoms. The summed E-state index contributed by atoms with van der Waals surface area (Å²) in [6.45, 7) is 4.23. The number of nitrogens with zero attached hydrogens (tertiary/aromatic N) is 3. The molecule has 3 aromatic rings. The van der Waals surface area contributed by atoms with E-state index in [1.54, 1.807) is 6.92 Å². The van der Waals surface area contributed by atoms with Gasteiger partial charge in [0.05, 0.1) is 29.3 Å². The third kappa shape index (κ3) is 3.84. The van der Waals surface area contributed by atoms with Gasteiger partial charge < -0.3 is 14.1 Å². The van der Waals surface area contributed by atoms with Crippen LogP contribution in [0.25, 0.3) is 11.1 Å². The molecule has 2 aromatic heterocycles. The average Bonchev–Trinajstić information content (AvgIpc) is 3.26. The first-order valence-electron chi connectivity index (χ1n) is 8.98. The summed E-state index contributed by atoms with van der Waals surface area (Å²) < 4.78 is 36.7. The number of hydrogen-bond acceptors (Lipinski definition) is 9. The summed E-state index contributed by atoms with van der Waals surface area (Å²) in [6.07, 6.45) is 0. The second-order valence-corrected chi connectivity index (χ2v) is 9.29. The molecule has 0 aliphatic carbocycles. The van der Waals surface area contributed by atoms with Crippen LogP contribution >= 0.6 is 11.3 Å². The van der Waals surface area contributed by atoms with Gasteiger partial charge in [0, 0.05) is 26.2 Å². The number of rotatable bonds is 5. The zero-order chi connectivity index (χ0) is 21.5. The minimum atomic E-state index is -4.08. The Morgan fingerprint density at radius 3 is 2.73 bits per heavy atom. The first-order valence-corrected chi connectivity index (χ1v) is 11.3. The maximum atomic E-state index is 12.6. The lowest BCUT2D eigenvalue weighted by atomic mass is 10.3. The van der Waals surface area contributed by atoms with Crippen LogP contribution in [0.4, 0.5) is 5.13 Å². The van der Waals surface area contributed by atoms with Crippen molar-refractivity contribution in [1.29, 1.82) is 0 Å². The zero-order valence-electron chi connectivity index (χ0n) is 16.2. The molecule has 1 aromatic carbocycles. The number of benzene rings is 1. The van der Waals surface area contributed by atoms with E-state index in [1.807, 2.05) is 4.90 Å². The van der Waals surface area contributed by atoms with Crippen molar-refractivity contribution in [1.82, 2.24) is 19.8 Å². The SMILES string of the molecule is Cc1nc(N2CCOCC2)sc1C(=O)NNS(=O)(=O)c1ccc2c(c1)oc(=O)n2C. The van der Waals surface area contributed by atoms with E-state index in [2.05, 4.69) is 15.2 Å². The van der Waals surface area contributed by atoms with Gasteiger partial charge in [-0.1, -0.05) is 11.3 Å². The highest BCUT2D eigenvalue weighted by Gasteiger charge is 2.23. The van der Waals surface area contributed by atoms with Crippen LogP contribution in [-0.2, 0) is 21.8 Å². The van der Waals surface area contributed by atoms with Crippen molar-refractivity contribution in [3.63, 3.8) is 0 Å². The number of nitrogens with one attached hydrogen (secondary N) is 2. The van der Waals surface area contributed by atoms with Crippen molar-refractivity contribution in [2.24, 2.45) is 7.05 Å². The maximum Gasteiger partial charge on any atom is 0.419 e. The molecule has 1 saturated heterocycles. The predicted octanol–water partition coefficient (Wildman–Crippen LogP) is 0.356. The van der Waals surface area contributed by atoms with Crippen molar-refractivity contribution in [3.05, 3.63) is 39.3 Å². The molecule has 13 heteroatoms. The number of aromatic nitrogens is 2. The van der Waals surface area contributed by atoms with Crippen molar-refractivity contribution in [3.8, 4) is 0 Å². The molecule has 4 rings (SSSR count). The number of ether oxygens (including phenoxy) is 1. The molecule has 1 aliphatic heterocycles. The summed E-state index contributed by atoms with van der Waals surface area (Å²) in [4.78, 5) is 32.8. The van der Waals surface area contributed by atoms with Gasteiger partial charge in [-0.2, -0.15) is 0 Å². The Balaban J connectivity index is 1.49. The van der Waals surface area contributed by atoms with Gasteiger partial charge in [0.25, 0.3) is 15.9 Å². The molecule has 2 N–H and O–H groups in total. The Bertz CT molecular complexity index is 1270. The number of fused-ring (bicyclic) bond motifs is 1. The summed E-state index contributed by atoms with van der Waals surface area (Å²) in [6, 6.07) is 4.00. The minimum absolute atomic E-state index is 0.130. The summed E-state index contributed by atoms with van der Waals surface area (Å²) >= 11 is 1.19. The molecule has 160 valence electrons. The number of oxazole rings is 1. The number of anilines is 1. The molecule has 0 bridgehead atoms. The van der Waals surface area contributed by atoms with E-state index in [-0.39, 0.29) is 10.5 Å². The number of aryl methyl sites for hydroxylation is 2. The molecule has 0 unspecified atom stereocenters. The van der Waals surface area contributed by atoms with Crippen LogP contribution in [-0.4, -0.2) is 50.2 Å². The monoisotopic (exact) mass is 453 g/mol. The van der Waals surface area contributed by atoms with Crippen molar-refractivity contribution in [2.75, 3.05) is 31.2 Å². The Hall–Kier alpha value is -2.74. The Morgan fingerprint density at radius 2 is 2.00 bits per heavy atom. The number of carbonyl (C=O) groups is 1. The standard InChI is InChI=1S/C17H19N5O6S2/c1-10-14(29-16(18-10)22-5-7-27-8-6-22)15(23)19-20-30(25,26)11-3-4-12-13(9-11)28-17(24)21(12)2/h3-4,9,20H,5-8H2,1-2H3,(H,19,23). The molecule has 30 heavy (non-hydrogen) atoms. The molecule has 11 nitrogen and oxygen atoms in total. The van der Waals surface area contributed by atoms with E-state index in [1.165, 1.54) is 41.2 Å². The van der Waals surface area contributed by atoms with E-state index in [9.17, 15) is 18.0 Å². The van der Waals surface area contributed by atoms with Crippen LogP contribution in [0.1, 0.15) is 15.4 Å². The molecule has 0 atom stereocenters. The fourth-order valence-corrected chi connectivity index (χ4v) is 4.86. The number of amides is 1. The lowest BCUT2D eigenvalue weighted by Crippen LogP contribution is -2.41. The third-order valence-electron chi connectivity index (χ3n) is 4.65. The van der Waals surface area contributed by atoms with Gasteiger partial charge in [0.15, 0.2) is 10.7 Å². The largest absolute Gasteiger partial charge is 0.419 e. The Morgan fingerprint density at radius 1 is 1.27 bits per heavy atom. The van der Waals surface area contributed by atoms with Gasteiger partial charge in [-0.05, 0) is 19.1 Å². The highest BCUT2D eigenvalue weighted by Crippen LogP contribution is 2.26. The smallest absolute Gasteiger partial charge is 0.408 e. The van der Waals surface area contributed by atoms with Gasteiger partial charge >= 0.3 is 5.76 Å². The van der Waals surface area contributed by atoms with E-state index < -0.39 is 21.7 Å². The van der Waals surface area contributed by atoms with Gasteiger partial charge in [-0.25, -0.2) is 18.2 Å². The summed E-state index contributed by atoms with van der Waals surface area (Å²) in [5.41, 5.74) is 3.30. The van der Waals surface area contributed by atoms with E-state index >= 15 is 0 Å². The summed E-state index contributed by atoms with van der Waals surface area (Å²) in [5.74, 6) is -1.21. The van der Waals surface area contributed by atoms with Crippen LogP contribution in [0, 0.1) is 6.92 Å². The van der Waals surface area contributed by atoms with E-state index in [4.69, 9.17) is 9.15 Å². The molecular weight excluding hydrogens is 434 g/mol. The topological polar surface area (TPSA) is 136 Å². The number of hydrogen-bond donors (Lipinski definition) is 2. The van der Waals surface area contributed by atoms with Gasteiger partial charge in [0.2, 0.25) is 0 Å². The highest BCUT2D eigenvalue weighted by molar-refractivity contribution is 7.89. The fraction of sp³-hybridized carbons (Fsp3) is 0.353. The van der Waals surface area contributed by atoms with Crippen molar-refractivity contribution in [2.45, 2.75) is 11.8 Å². The lowest BCUT2D eigenvalue weighted by molar-refractivity contribution is 0.0948. The number of sulfonamides is 1. The molecule has 3 heterocycles. The second-order valence-electron chi connectivity index (χ2n) is 6.63. The molecule has 1 fully saturated rings. The molecule has 0 radical (unpaired) electrons. The molecule has 1 aliphatic rings. The quantitative estimate of drug-likeness (QED) is 0.529. The van der Waals surface area contributed by atoms with Gasteiger partial charge in [0.1, 0.15) is 4.88 Å². The second kappa shape index (κ2) is 7.83. The van der Waals surface area contributed by atoms with Crippen molar-refractivity contribution >= 4 is 43.5 Å². The van der Waals surface area contributed by atoms with E-state index in [0.29, 0.717) is 47.5 Å². The normalized spacial score (nSPS) is 14.9.